The molecule has 1 saturated heterocycles. The Balaban J connectivity index is 1.92. The first-order valence-corrected chi connectivity index (χ1v) is 8.80. The first kappa shape index (κ1) is 18.1. The van der Waals surface area contributed by atoms with E-state index >= 15 is 0 Å². The lowest BCUT2D eigenvalue weighted by atomic mass is 10.1. The first-order valence-electron chi connectivity index (χ1n) is 7.58. The van der Waals surface area contributed by atoms with Crippen LogP contribution in [0.25, 0.3) is 6.08 Å². The summed E-state index contributed by atoms with van der Waals surface area (Å²) in [6, 6.07) is 11.9. The maximum Gasteiger partial charge on any atom is 0.272 e. The molecule has 2 aromatic carbocycles. The van der Waals surface area contributed by atoms with Crippen molar-refractivity contribution < 1.29 is 14.5 Å². The number of rotatable bonds is 4. The largest absolute Gasteiger partial charge is 0.497 e. The van der Waals surface area contributed by atoms with E-state index in [1.165, 1.54) is 22.7 Å². The molecule has 0 bridgehead atoms. The SMILES string of the molecule is COc1ccc(N2C(=O)/C(=C\c3ccc(C)c([N+](=O)[O-])c3)SC2=S)cc1. The molecule has 1 aliphatic rings. The monoisotopic (exact) mass is 386 g/mol. The Bertz CT molecular complexity index is 939. The van der Waals surface area contributed by atoms with Gasteiger partial charge in [-0.05, 0) is 42.8 Å². The molecule has 1 aliphatic heterocycles. The van der Waals surface area contributed by atoms with Crippen molar-refractivity contribution >= 4 is 51.7 Å². The lowest BCUT2D eigenvalue weighted by molar-refractivity contribution is -0.385. The van der Waals surface area contributed by atoms with E-state index in [1.807, 2.05) is 0 Å². The molecule has 3 rings (SSSR count). The molecule has 8 heteroatoms. The molecular formula is C18H14N2O4S2. The number of anilines is 1. The number of nitro benzene ring substituents is 1. The molecule has 0 N–H and O–H groups in total. The fourth-order valence-electron chi connectivity index (χ4n) is 2.49. The van der Waals surface area contributed by atoms with E-state index < -0.39 is 4.92 Å². The second-order valence-electron chi connectivity index (χ2n) is 5.52. The van der Waals surface area contributed by atoms with Gasteiger partial charge in [0.2, 0.25) is 0 Å². The number of aryl methyl sites for hydroxylation is 1. The molecule has 26 heavy (non-hydrogen) atoms. The number of thioether (sulfide) groups is 1. The van der Waals surface area contributed by atoms with Crippen LogP contribution in [-0.2, 0) is 4.79 Å². The Hall–Kier alpha value is -2.71. The number of nitrogens with zero attached hydrogens (tertiary/aromatic N) is 2. The van der Waals surface area contributed by atoms with Crippen LogP contribution >= 0.6 is 24.0 Å². The van der Waals surface area contributed by atoms with Gasteiger partial charge in [-0.3, -0.25) is 19.8 Å². The average molecular weight is 386 g/mol. The number of nitro groups is 1. The number of carbonyl (C=O) groups is 1. The van der Waals surface area contributed by atoms with Gasteiger partial charge in [-0.2, -0.15) is 0 Å². The van der Waals surface area contributed by atoms with Gasteiger partial charge in [0.25, 0.3) is 11.6 Å². The zero-order chi connectivity index (χ0) is 18.8. The summed E-state index contributed by atoms with van der Waals surface area (Å²) < 4.78 is 5.53. The molecule has 0 atom stereocenters. The maximum atomic E-state index is 12.7. The molecule has 0 radical (unpaired) electrons. The van der Waals surface area contributed by atoms with Crippen LogP contribution in [0.2, 0.25) is 0 Å². The molecule has 0 unspecified atom stereocenters. The van der Waals surface area contributed by atoms with Crippen LogP contribution in [0.15, 0.2) is 47.4 Å². The van der Waals surface area contributed by atoms with Gasteiger partial charge in [-0.25, -0.2) is 0 Å². The highest BCUT2D eigenvalue weighted by Gasteiger charge is 2.33. The van der Waals surface area contributed by atoms with E-state index in [4.69, 9.17) is 17.0 Å². The number of ether oxygens (including phenoxy) is 1. The van der Waals surface area contributed by atoms with Gasteiger partial charge in [0.05, 0.1) is 22.6 Å². The van der Waals surface area contributed by atoms with Crippen LogP contribution in [-0.4, -0.2) is 22.3 Å². The summed E-state index contributed by atoms with van der Waals surface area (Å²) in [6.45, 7) is 1.67. The van der Waals surface area contributed by atoms with Gasteiger partial charge in [-0.1, -0.05) is 36.1 Å². The Morgan fingerprint density at radius 2 is 1.92 bits per heavy atom. The fraction of sp³-hybridized carbons (Fsp3) is 0.111. The van der Waals surface area contributed by atoms with Crippen molar-refractivity contribution in [2.75, 3.05) is 12.0 Å². The Morgan fingerprint density at radius 3 is 2.54 bits per heavy atom. The van der Waals surface area contributed by atoms with Gasteiger partial charge < -0.3 is 4.74 Å². The van der Waals surface area contributed by atoms with Crippen LogP contribution in [0, 0.1) is 17.0 Å². The molecule has 132 valence electrons. The molecule has 0 aliphatic carbocycles. The van der Waals surface area contributed by atoms with Crippen molar-refractivity contribution in [3.63, 3.8) is 0 Å². The number of carbonyl (C=O) groups excluding carboxylic acids is 1. The minimum absolute atomic E-state index is 0.0179. The Labute approximate surface area is 159 Å². The van der Waals surface area contributed by atoms with E-state index in [0.717, 1.165) is 0 Å². The third-order valence-electron chi connectivity index (χ3n) is 3.85. The van der Waals surface area contributed by atoms with E-state index in [1.54, 1.807) is 56.5 Å². The molecule has 0 aromatic heterocycles. The predicted octanol–water partition coefficient (Wildman–Crippen LogP) is 4.32. The highest BCUT2D eigenvalue weighted by Crippen LogP contribution is 2.36. The van der Waals surface area contributed by atoms with Crippen molar-refractivity contribution in [2.45, 2.75) is 6.92 Å². The minimum Gasteiger partial charge on any atom is -0.497 e. The van der Waals surface area contributed by atoms with Gasteiger partial charge in [0.15, 0.2) is 4.32 Å². The summed E-state index contributed by atoms with van der Waals surface area (Å²) in [6.07, 6.45) is 1.62. The number of thiocarbonyl (C=S) groups is 1. The van der Waals surface area contributed by atoms with E-state index in [9.17, 15) is 14.9 Å². The third kappa shape index (κ3) is 3.47. The molecule has 2 aromatic rings. The van der Waals surface area contributed by atoms with Gasteiger partial charge >= 0.3 is 0 Å². The zero-order valence-corrected chi connectivity index (χ0v) is 15.6. The number of hydrogen-bond donors (Lipinski definition) is 0. The summed E-state index contributed by atoms with van der Waals surface area (Å²) >= 11 is 6.50. The molecule has 0 spiro atoms. The van der Waals surface area contributed by atoms with Crippen molar-refractivity contribution in [1.82, 2.24) is 0 Å². The van der Waals surface area contributed by atoms with Gasteiger partial charge in [0.1, 0.15) is 5.75 Å². The van der Waals surface area contributed by atoms with Crippen molar-refractivity contribution in [3.8, 4) is 5.75 Å². The quantitative estimate of drug-likeness (QED) is 0.337. The zero-order valence-electron chi connectivity index (χ0n) is 14.0. The lowest BCUT2D eigenvalue weighted by Crippen LogP contribution is -2.27. The van der Waals surface area contributed by atoms with Crippen LogP contribution in [0.3, 0.4) is 0 Å². The lowest BCUT2D eigenvalue weighted by Gasteiger charge is -2.14. The normalized spacial score (nSPS) is 15.6. The smallest absolute Gasteiger partial charge is 0.272 e. The molecule has 6 nitrogen and oxygen atoms in total. The minimum atomic E-state index is -0.435. The molecule has 1 amide bonds. The molecule has 1 fully saturated rings. The fourth-order valence-corrected chi connectivity index (χ4v) is 3.78. The van der Waals surface area contributed by atoms with Gasteiger partial charge in [-0.15, -0.1) is 0 Å². The second kappa shape index (κ2) is 7.27. The third-order valence-corrected chi connectivity index (χ3v) is 5.15. The Kier molecular flexibility index (Phi) is 5.06. The van der Waals surface area contributed by atoms with Crippen molar-refractivity contribution in [3.05, 3.63) is 68.6 Å². The summed E-state index contributed by atoms with van der Waals surface area (Å²) in [7, 11) is 1.57. The van der Waals surface area contributed by atoms with E-state index in [2.05, 4.69) is 0 Å². The molecule has 0 saturated carbocycles. The molecular weight excluding hydrogens is 372 g/mol. The summed E-state index contributed by atoms with van der Waals surface area (Å²) in [4.78, 5) is 25.3. The molecule has 1 heterocycles. The maximum absolute atomic E-state index is 12.7. The number of methoxy groups -OCH3 is 1. The van der Waals surface area contributed by atoms with Gasteiger partial charge in [0, 0.05) is 11.6 Å². The van der Waals surface area contributed by atoms with Crippen molar-refractivity contribution in [1.29, 1.82) is 0 Å². The van der Waals surface area contributed by atoms with Crippen molar-refractivity contribution in [2.24, 2.45) is 0 Å². The van der Waals surface area contributed by atoms with Crippen LogP contribution in [0.1, 0.15) is 11.1 Å². The van der Waals surface area contributed by atoms with Crippen LogP contribution in [0.4, 0.5) is 11.4 Å². The summed E-state index contributed by atoms with van der Waals surface area (Å²) in [5, 5.41) is 11.1. The number of amides is 1. The standard InChI is InChI=1S/C18H14N2O4S2/c1-11-3-4-12(9-15(11)20(22)23)10-16-17(21)19(18(25)26-16)13-5-7-14(24-2)8-6-13/h3-10H,1-2H3/b16-10+. The number of benzene rings is 2. The topological polar surface area (TPSA) is 72.7 Å². The van der Waals surface area contributed by atoms with E-state index in [0.29, 0.717) is 31.8 Å². The van der Waals surface area contributed by atoms with E-state index in [-0.39, 0.29) is 11.6 Å². The first-order chi connectivity index (χ1) is 12.4. The average Bonchev–Trinajstić information content (AvgIpc) is 2.90. The number of hydrogen-bond acceptors (Lipinski definition) is 6. The predicted molar refractivity (Wildman–Crippen MR) is 106 cm³/mol. The van der Waals surface area contributed by atoms with Crippen LogP contribution < -0.4 is 9.64 Å². The highest BCUT2D eigenvalue weighted by atomic mass is 32.2. The summed E-state index contributed by atoms with van der Waals surface area (Å²) in [5.41, 5.74) is 1.81. The highest BCUT2D eigenvalue weighted by molar-refractivity contribution is 8.27. The second-order valence-corrected chi connectivity index (χ2v) is 7.19. The summed E-state index contributed by atoms with van der Waals surface area (Å²) in [5.74, 6) is 0.426. The van der Waals surface area contributed by atoms with Crippen LogP contribution in [0.5, 0.6) is 5.75 Å². The Morgan fingerprint density at radius 1 is 1.23 bits per heavy atom.